The van der Waals surface area contributed by atoms with E-state index in [1.54, 1.807) is 27.9 Å². The van der Waals surface area contributed by atoms with Gasteiger partial charge in [-0.1, -0.05) is 34.5 Å². The van der Waals surface area contributed by atoms with Crippen molar-refractivity contribution in [1.82, 2.24) is 25.2 Å². The van der Waals surface area contributed by atoms with E-state index in [-0.39, 0.29) is 18.1 Å². The third-order valence-corrected chi connectivity index (χ3v) is 8.59. The molecule has 0 spiro atoms. The number of carbonyl (C=O) groups is 2. The summed E-state index contributed by atoms with van der Waals surface area (Å²) >= 11 is 12.4. The molecule has 3 heterocycles. The zero-order valence-electron chi connectivity index (χ0n) is 26.2. The van der Waals surface area contributed by atoms with E-state index in [9.17, 15) is 9.59 Å². The number of amides is 2. The lowest BCUT2D eigenvalue weighted by Gasteiger charge is -2.35. The second-order valence-corrected chi connectivity index (χ2v) is 13.8. The van der Waals surface area contributed by atoms with Gasteiger partial charge < -0.3 is 19.7 Å². The highest BCUT2D eigenvalue weighted by atomic mass is 35.5. The van der Waals surface area contributed by atoms with Crippen molar-refractivity contribution >= 4 is 40.9 Å². The van der Waals surface area contributed by atoms with E-state index in [1.807, 2.05) is 72.7 Å². The van der Waals surface area contributed by atoms with Gasteiger partial charge in [0.2, 0.25) is 0 Å². The molecule has 2 aliphatic heterocycles. The average molecular weight is 644 g/mol. The van der Waals surface area contributed by atoms with Crippen LogP contribution in [0.2, 0.25) is 10.0 Å². The Labute approximate surface area is 268 Å². The monoisotopic (exact) mass is 642 g/mol. The first-order valence-corrected chi connectivity index (χ1v) is 15.6. The number of hydrogen-bond acceptors (Lipinski definition) is 7. The van der Waals surface area contributed by atoms with E-state index in [4.69, 9.17) is 32.7 Å². The molecule has 44 heavy (non-hydrogen) atoms. The van der Waals surface area contributed by atoms with Crippen LogP contribution in [0.15, 0.2) is 42.6 Å². The Bertz CT molecular complexity index is 1550. The molecule has 2 fully saturated rings. The maximum Gasteiger partial charge on any atom is 0.413 e. The van der Waals surface area contributed by atoms with Gasteiger partial charge in [-0.3, -0.25) is 9.69 Å². The van der Waals surface area contributed by atoms with Gasteiger partial charge in [-0.05, 0) is 97.2 Å². The Hall–Kier alpha value is -3.34. The van der Waals surface area contributed by atoms with E-state index >= 15 is 0 Å². The molecule has 12 heteroatoms. The predicted octanol–water partition coefficient (Wildman–Crippen LogP) is 6.71. The molecule has 3 aromatic rings. The number of nitrogens with zero attached hydrogens (tertiary/aromatic N) is 5. The summed E-state index contributed by atoms with van der Waals surface area (Å²) in [4.78, 5) is 30.8. The standard InChI is InChI=1S/C32H40Cl2N6O4/c1-19-10-12-23(29(41)35-21-9-8-14-38(17-21)22-11-13-24(33)25(34)16-22)27(15-19)39-18-26(36-37-39)28-20(2)43-32(6,7)40(28)30(42)44-31(3,4)5/h10-13,15-16,18,20-21,28H,8-9,14,17H2,1-7H3,(H,35,41)/t20-,21?,28+/m1/s1. The number of rotatable bonds is 5. The molecule has 2 aromatic carbocycles. The molecule has 1 N–H and O–H groups in total. The first-order chi connectivity index (χ1) is 20.6. The molecule has 1 aromatic heterocycles. The summed E-state index contributed by atoms with van der Waals surface area (Å²) in [6.45, 7) is 14.5. The number of aromatic nitrogens is 3. The number of piperidine rings is 1. The third-order valence-electron chi connectivity index (χ3n) is 7.85. The predicted molar refractivity (Wildman–Crippen MR) is 171 cm³/mol. The number of hydrogen-bond donors (Lipinski definition) is 1. The summed E-state index contributed by atoms with van der Waals surface area (Å²) in [5, 5.41) is 13.1. The van der Waals surface area contributed by atoms with Gasteiger partial charge in [0.05, 0.1) is 33.6 Å². The molecule has 0 aliphatic carbocycles. The molecule has 1 unspecified atom stereocenters. The van der Waals surface area contributed by atoms with Crippen molar-refractivity contribution in [2.45, 2.75) is 90.8 Å². The maximum absolute atomic E-state index is 13.7. The van der Waals surface area contributed by atoms with E-state index in [0.717, 1.165) is 30.6 Å². The topological polar surface area (TPSA) is 102 Å². The molecule has 0 radical (unpaired) electrons. The summed E-state index contributed by atoms with van der Waals surface area (Å²) in [5.41, 5.74) is 1.93. The van der Waals surface area contributed by atoms with Gasteiger partial charge in [-0.25, -0.2) is 9.48 Å². The number of halogens is 2. The van der Waals surface area contributed by atoms with Gasteiger partial charge >= 0.3 is 6.09 Å². The second-order valence-electron chi connectivity index (χ2n) is 13.0. The van der Waals surface area contributed by atoms with Crippen LogP contribution in [0.3, 0.4) is 0 Å². The molecule has 0 bridgehead atoms. The molecule has 2 amide bonds. The van der Waals surface area contributed by atoms with Gasteiger partial charge in [0.1, 0.15) is 23.1 Å². The minimum atomic E-state index is -0.921. The van der Waals surface area contributed by atoms with Crippen molar-refractivity contribution in [2.24, 2.45) is 0 Å². The average Bonchev–Trinajstić information content (AvgIpc) is 3.50. The largest absolute Gasteiger partial charge is 0.444 e. The fourth-order valence-corrected chi connectivity index (χ4v) is 6.26. The first-order valence-electron chi connectivity index (χ1n) is 14.9. The minimum Gasteiger partial charge on any atom is -0.444 e. The van der Waals surface area contributed by atoms with Gasteiger partial charge in [0, 0.05) is 24.8 Å². The van der Waals surface area contributed by atoms with Crippen LogP contribution in [0.4, 0.5) is 10.5 Å². The zero-order valence-corrected chi connectivity index (χ0v) is 27.7. The van der Waals surface area contributed by atoms with Crippen LogP contribution in [0.25, 0.3) is 5.69 Å². The van der Waals surface area contributed by atoms with Crippen LogP contribution in [-0.2, 0) is 9.47 Å². The summed E-state index contributed by atoms with van der Waals surface area (Å²) in [7, 11) is 0. The lowest BCUT2D eigenvalue weighted by molar-refractivity contribution is -0.0757. The molecular formula is C32H40Cl2N6O4. The Morgan fingerprint density at radius 1 is 1.11 bits per heavy atom. The molecule has 10 nitrogen and oxygen atoms in total. The van der Waals surface area contributed by atoms with Crippen LogP contribution >= 0.6 is 23.2 Å². The molecule has 5 rings (SSSR count). The first kappa shape index (κ1) is 32.1. The second kappa shape index (κ2) is 12.2. The van der Waals surface area contributed by atoms with Gasteiger partial charge in [-0.15, -0.1) is 5.10 Å². The van der Waals surface area contributed by atoms with Crippen LogP contribution in [0.1, 0.15) is 82.0 Å². The summed E-state index contributed by atoms with van der Waals surface area (Å²) in [6, 6.07) is 10.6. The quantitative estimate of drug-likeness (QED) is 0.330. The summed E-state index contributed by atoms with van der Waals surface area (Å²) in [6.07, 6.45) is 2.66. The fourth-order valence-electron chi connectivity index (χ4n) is 5.97. The van der Waals surface area contributed by atoms with Crippen molar-refractivity contribution in [3.63, 3.8) is 0 Å². The van der Waals surface area contributed by atoms with E-state index in [2.05, 4.69) is 20.5 Å². The van der Waals surface area contributed by atoms with Gasteiger partial charge in [-0.2, -0.15) is 0 Å². The molecule has 2 aliphatic rings. The highest BCUT2D eigenvalue weighted by Gasteiger charge is 2.51. The number of nitrogens with one attached hydrogen (secondary N) is 1. The number of benzene rings is 2. The van der Waals surface area contributed by atoms with Gasteiger partial charge in [0.15, 0.2) is 0 Å². The van der Waals surface area contributed by atoms with Gasteiger partial charge in [0.25, 0.3) is 5.91 Å². The molecule has 236 valence electrons. The van der Waals surface area contributed by atoms with Crippen LogP contribution < -0.4 is 10.2 Å². The summed E-state index contributed by atoms with van der Waals surface area (Å²) in [5.74, 6) is -0.202. The van der Waals surface area contributed by atoms with E-state index < -0.39 is 23.5 Å². The Balaban J connectivity index is 1.38. The van der Waals surface area contributed by atoms with Crippen LogP contribution in [-0.4, -0.2) is 68.5 Å². The summed E-state index contributed by atoms with van der Waals surface area (Å²) < 4.78 is 13.5. The van der Waals surface area contributed by atoms with Crippen molar-refractivity contribution in [1.29, 1.82) is 0 Å². The Morgan fingerprint density at radius 2 is 1.86 bits per heavy atom. The van der Waals surface area contributed by atoms with E-state index in [0.29, 0.717) is 33.5 Å². The normalized spacial score (nSPS) is 21.8. The van der Waals surface area contributed by atoms with Crippen LogP contribution in [0, 0.1) is 6.92 Å². The number of aryl methyl sites for hydroxylation is 1. The highest BCUT2D eigenvalue weighted by Crippen LogP contribution is 2.42. The SMILES string of the molecule is Cc1ccc(C(=O)NC2CCCN(c3ccc(Cl)c(Cl)c3)C2)c(-n2cc([C@@H]3[C@@H](C)OC(C)(C)N3C(=O)OC(C)(C)C)nn2)c1. The van der Waals surface area contributed by atoms with Crippen molar-refractivity contribution < 1.29 is 19.1 Å². The third kappa shape index (κ3) is 6.82. The maximum atomic E-state index is 13.7. The molecular weight excluding hydrogens is 603 g/mol. The minimum absolute atomic E-state index is 0.0627. The van der Waals surface area contributed by atoms with Crippen molar-refractivity contribution in [2.75, 3.05) is 18.0 Å². The molecule has 2 saturated heterocycles. The number of anilines is 1. The Morgan fingerprint density at radius 3 is 2.57 bits per heavy atom. The molecule has 3 atom stereocenters. The van der Waals surface area contributed by atoms with Crippen LogP contribution in [0.5, 0.6) is 0 Å². The highest BCUT2D eigenvalue weighted by molar-refractivity contribution is 6.42. The smallest absolute Gasteiger partial charge is 0.413 e. The molecule has 0 saturated carbocycles. The number of ether oxygens (including phenoxy) is 2. The lowest BCUT2D eigenvalue weighted by atomic mass is 10.0. The zero-order chi connectivity index (χ0) is 32.0. The Kier molecular flexibility index (Phi) is 8.90. The van der Waals surface area contributed by atoms with Crippen molar-refractivity contribution in [3.8, 4) is 5.69 Å². The lowest BCUT2D eigenvalue weighted by Crippen LogP contribution is -2.48. The number of carbonyl (C=O) groups excluding carboxylic acids is 2. The van der Waals surface area contributed by atoms with E-state index in [1.165, 1.54) is 0 Å². The fraction of sp³-hybridized carbons (Fsp3) is 0.500. The van der Waals surface area contributed by atoms with Crippen molar-refractivity contribution in [3.05, 3.63) is 69.5 Å².